The molecule has 0 unspecified atom stereocenters. The van der Waals surface area contributed by atoms with Gasteiger partial charge >= 0.3 is 18.6 Å². The minimum atomic E-state index is -3.18. The highest BCUT2D eigenvalue weighted by Crippen LogP contribution is 2.34. The molecule has 3 rings (SSSR count). The molecule has 176 valence electrons. The minimum absolute atomic E-state index is 0.00807. The van der Waals surface area contributed by atoms with Crippen LogP contribution in [0.2, 0.25) is 0 Å². The highest BCUT2D eigenvalue weighted by Gasteiger charge is 2.40. The zero-order chi connectivity index (χ0) is 23.5. The number of carbonyl (C=O) groups is 2. The summed E-state index contributed by atoms with van der Waals surface area (Å²) in [5, 5.41) is 8.23. The highest BCUT2D eigenvalue weighted by atomic mass is 32.2. The average Bonchev–Trinajstić information content (AvgIpc) is 2.99. The van der Waals surface area contributed by atoms with Gasteiger partial charge in [0.25, 0.3) is 0 Å². The Morgan fingerprint density at radius 3 is 2.69 bits per heavy atom. The second kappa shape index (κ2) is 9.41. The lowest BCUT2D eigenvalue weighted by Gasteiger charge is -2.32. The predicted octanol–water partition coefficient (Wildman–Crippen LogP) is 1.63. The van der Waals surface area contributed by atoms with Crippen molar-refractivity contribution in [3.8, 4) is 5.75 Å². The summed E-state index contributed by atoms with van der Waals surface area (Å²) in [7, 11) is -3.18. The molecular weight excluding hydrogens is 448 g/mol. The maximum absolute atomic E-state index is 12.9. The van der Waals surface area contributed by atoms with Crippen molar-refractivity contribution in [3.63, 3.8) is 0 Å². The van der Waals surface area contributed by atoms with E-state index in [2.05, 4.69) is 20.7 Å². The largest absolute Gasteiger partial charge is 0.463 e. The number of alkyl halides is 2. The van der Waals surface area contributed by atoms with Crippen molar-refractivity contribution in [2.45, 2.75) is 38.5 Å². The van der Waals surface area contributed by atoms with Gasteiger partial charge in [-0.25, -0.2) is 18.0 Å². The van der Waals surface area contributed by atoms with Crippen molar-refractivity contribution in [2.24, 2.45) is 0 Å². The summed E-state index contributed by atoms with van der Waals surface area (Å²) < 4.78 is 59.3. The van der Waals surface area contributed by atoms with Crippen molar-refractivity contribution < 1.29 is 36.3 Å². The first kappa shape index (κ1) is 23.9. The van der Waals surface area contributed by atoms with E-state index in [0.29, 0.717) is 6.42 Å². The van der Waals surface area contributed by atoms with E-state index in [0.717, 1.165) is 0 Å². The van der Waals surface area contributed by atoms with E-state index in [9.17, 15) is 26.8 Å². The Hall–Kier alpha value is -2.73. The summed E-state index contributed by atoms with van der Waals surface area (Å²) in [6.45, 7) is 0.262. The number of para-hydroxylation sites is 1. The fraction of sp³-hybridized carbons (Fsp3) is 0.500. The molecule has 1 fully saturated rings. The van der Waals surface area contributed by atoms with E-state index in [1.54, 1.807) is 19.9 Å². The van der Waals surface area contributed by atoms with Gasteiger partial charge in [-0.1, -0.05) is 18.2 Å². The van der Waals surface area contributed by atoms with Gasteiger partial charge in [0.05, 0.1) is 29.7 Å². The number of rotatable bonds is 8. The van der Waals surface area contributed by atoms with Crippen molar-refractivity contribution >= 4 is 21.8 Å². The number of hydrogen-bond donors (Lipinski definition) is 3. The van der Waals surface area contributed by atoms with Crippen LogP contribution in [0.1, 0.15) is 31.9 Å². The number of amides is 2. The number of sulfone groups is 1. The molecule has 0 saturated carbocycles. The number of urea groups is 1. The fourth-order valence-electron chi connectivity index (χ4n) is 3.81. The van der Waals surface area contributed by atoms with E-state index >= 15 is 0 Å². The highest BCUT2D eigenvalue weighted by molar-refractivity contribution is 7.91. The van der Waals surface area contributed by atoms with Crippen molar-refractivity contribution in [3.05, 3.63) is 41.1 Å². The second-order valence-corrected chi connectivity index (χ2v) is 10.0. The van der Waals surface area contributed by atoms with Crippen molar-refractivity contribution in [1.82, 2.24) is 16.0 Å². The molecule has 1 saturated heterocycles. The van der Waals surface area contributed by atoms with Crippen LogP contribution in [0.15, 0.2) is 35.5 Å². The van der Waals surface area contributed by atoms with Crippen molar-refractivity contribution in [2.75, 3.05) is 24.7 Å². The topological polar surface area (TPSA) is 123 Å². The molecule has 2 heterocycles. The maximum Gasteiger partial charge on any atom is 0.387 e. The molecule has 2 atom stereocenters. The average molecular weight is 473 g/mol. The van der Waals surface area contributed by atoms with E-state index in [-0.39, 0.29) is 47.2 Å². The summed E-state index contributed by atoms with van der Waals surface area (Å²) in [6, 6.07) is 4.05. The lowest BCUT2D eigenvalue weighted by atomic mass is 9.93. The van der Waals surface area contributed by atoms with Crippen LogP contribution in [0.4, 0.5) is 13.6 Å². The lowest BCUT2D eigenvalue weighted by Crippen LogP contribution is -2.51. The van der Waals surface area contributed by atoms with E-state index in [1.165, 1.54) is 18.2 Å². The van der Waals surface area contributed by atoms with E-state index < -0.39 is 40.0 Å². The molecule has 0 bridgehead atoms. The number of hydrogen-bond acceptors (Lipinski definition) is 7. The molecule has 0 spiro atoms. The molecular formula is C20H25F2N3O6S. The Morgan fingerprint density at radius 1 is 1.34 bits per heavy atom. The second-order valence-electron chi connectivity index (χ2n) is 7.82. The quantitative estimate of drug-likeness (QED) is 0.491. The summed E-state index contributed by atoms with van der Waals surface area (Å²) in [5.74, 6) is -0.992. The molecule has 1 aromatic rings. The fourth-order valence-corrected chi connectivity index (χ4v) is 5.94. The van der Waals surface area contributed by atoms with Crippen LogP contribution in [-0.4, -0.2) is 57.2 Å². The van der Waals surface area contributed by atoms with Gasteiger partial charge in [0.1, 0.15) is 5.75 Å². The number of nitrogens with one attached hydrogen (secondary N) is 3. The first-order valence-electron chi connectivity index (χ1n) is 10.0. The number of carbonyl (C=O) groups excluding carboxylic acids is 2. The van der Waals surface area contributed by atoms with Crippen LogP contribution in [0.3, 0.4) is 0 Å². The number of esters is 1. The molecule has 2 amide bonds. The molecule has 0 aliphatic carbocycles. The monoisotopic (exact) mass is 473 g/mol. The van der Waals surface area contributed by atoms with Gasteiger partial charge in [0, 0.05) is 23.3 Å². The van der Waals surface area contributed by atoms with Gasteiger partial charge in [0.15, 0.2) is 9.84 Å². The molecule has 2 aliphatic rings. The first-order valence-corrected chi connectivity index (χ1v) is 11.8. The summed E-state index contributed by atoms with van der Waals surface area (Å²) in [6.07, 6.45) is 0.373. The molecule has 2 aliphatic heterocycles. The smallest absolute Gasteiger partial charge is 0.387 e. The molecule has 1 aromatic carbocycles. The van der Waals surface area contributed by atoms with Crippen LogP contribution in [0, 0.1) is 0 Å². The molecule has 0 aromatic heterocycles. The van der Waals surface area contributed by atoms with E-state index in [4.69, 9.17) is 4.74 Å². The summed E-state index contributed by atoms with van der Waals surface area (Å²) in [5.41, 5.74) is -0.422. The third-order valence-electron chi connectivity index (χ3n) is 5.29. The lowest BCUT2D eigenvalue weighted by molar-refractivity contribution is -0.139. The van der Waals surface area contributed by atoms with E-state index in [1.807, 2.05) is 0 Å². The van der Waals surface area contributed by atoms with Gasteiger partial charge in [-0.3, -0.25) is 0 Å². The number of benzene rings is 1. The van der Waals surface area contributed by atoms with Crippen LogP contribution < -0.4 is 20.7 Å². The standard InChI is InChI=1S/C20H25F2N3O6S/c1-3-30-17(26)15-13(10-23-20(2)8-9-32(28,29)11-20)24-19(27)25-16(15)12-6-4-5-7-14(12)31-18(21)22/h4-7,16,18,23H,3,8-11H2,1-2H3,(H2,24,25,27)/t16-,20-/m0/s1. The third kappa shape index (κ3) is 5.54. The van der Waals surface area contributed by atoms with Gasteiger partial charge in [-0.15, -0.1) is 0 Å². The molecule has 32 heavy (non-hydrogen) atoms. The predicted molar refractivity (Wildman–Crippen MR) is 111 cm³/mol. The summed E-state index contributed by atoms with van der Waals surface area (Å²) >= 11 is 0. The van der Waals surface area contributed by atoms with Gasteiger partial charge < -0.3 is 25.4 Å². The molecule has 0 radical (unpaired) electrons. The summed E-state index contributed by atoms with van der Waals surface area (Å²) in [4.78, 5) is 25.2. The van der Waals surface area contributed by atoms with Crippen LogP contribution in [-0.2, 0) is 19.4 Å². The normalized spacial score (nSPS) is 24.8. The zero-order valence-electron chi connectivity index (χ0n) is 17.6. The van der Waals surface area contributed by atoms with Gasteiger partial charge in [-0.05, 0) is 26.3 Å². The first-order chi connectivity index (χ1) is 15.0. The minimum Gasteiger partial charge on any atom is -0.463 e. The van der Waals surface area contributed by atoms with Crippen LogP contribution >= 0.6 is 0 Å². The Bertz CT molecular complexity index is 1030. The Balaban J connectivity index is 2.00. The van der Waals surface area contributed by atoms with Crippen molar-refractivity contribution in [1.29, 1.82) is 0 Å². The molecule has 3 N–H and O–H groups in total. The Labute approximate surface area is 184 Å². The Morgan fingerprint density at radius 2 is 2.06 bits per heavy atom. The SMILES string of the molecule is CCOC(=O)C1=C(CN[C@@]2(C)CCS(=O)(=O)C2)NC(=O)N[C@H]1c1ccccc1OC(F)F. The number of ether oxygens (including phenoxy) is 2. The van der Waals surface area contributed by atoms with Gasteiger partial charge in [0.2, 0.25) is 0 Å². The molecule has 12 heteroatoms. The van der Waals surface area contributed by atoms with Crippen LogP contribution in [0.25, 0.3) is 0 Å². The van der Waals surface area contributed by atoms with Crippen LogP contribution in [0.5, 0.6) is 5.75 Å². The molecule has 9 nitrogen and oxygen atoms in total. The van der Waals surface area contributed by atoms with Gasteiger partial charge in [-0.2, -0.15) is 8.78 Å². The number of halogens is 2. The Kier molecular flexibility index (Phi) is 7.03. The third-order valence-corrected chi connectivity index (χ3v) is 7.19. The maximum atomic E-state index is 12.9. The zero-order valence-corrected chi connectivity index (χ0v) is 18.4.